The van der Waals surface area contributed by atoms with Crippen LogP contribution in [0.25, 0.3) is 11.3 Å². The molecule has 0 saturated heterocycles. The summed E-state index contributed by atoms with van der Waals surface area (Å²) in [6, 6.07) is 10.00. The molecule has 0 aliphatic heterocycles. The first-order chi connectivity index (χ1) is 13.7. The van der Waals surface area contributed by atoms with Crippen LogP contribution in [0, 0.1) is 5.92 Å². The lowest BCUT2D eigenvalue weighted by atomic mass is 9.83. The molecule has 28 heavy (non-hydrogen) atoms. The Morgan fingerprint density at radius 1 is 1.32 bits per heavy atom. The predicted molar refractivity (Wildman–Crippen MR) is 108 cm³/mol. The predicted octanol–water partition coefficient (Wildman–Crippen LogP) is 4.92. The molecule has 1 aromatic carbocycles. The molecule has 2 aromatic rings. The van der Waals surface area contributed by atoms with Crippen LogP contribution in [0.4, 0.5) is 0 Å². The summed E-state index contributed by atoms with van der Waals surface area (Å²) in [5, 5.41) is 17.7. The van der Waals surface area contributed by atoms with Gasteiger partial charge < -0.3 is 14.9 Å². The van der Waals surface area contributed by atoms with Gasteiger partial charge in [-0.1, -0.05) is 42.6 Å². The minimum atomic E-state index is -0.548. The van der Waals surface area contributed by atoms with Crippen molar-refractivity contribution in [2.75, 3.05) is 6.54 Å². The van der Waals surface area contributed by atoms with Crippen LogP contribution in [-0.4, -0.2) is 29.0 Å². The molecule has 2 unspecified atom stereocenters. The van der Waals surface area contributed by atoms with Gasteiger partial charge in [-0.25, -0.2) is 4.57 Å². The molecule has 152 valence electrons. The highest BCUT2D eigenvalue weighted by molar-refractivity contribution is 7.17. The number of nitrogens with zero attached hydrogens (tertiary/aromatic N) is 1. The van der Waals surface area contributed by atoms with Gasteiger partial charge >= 0.3 is 8.69 Å². The molecule has 1 fully saturated rings. The van der Waals surface area contributed by atoms with E-state index in [0.717, 1.165) is 29.7 Å². The van der Waals surface area contributed by atoms with Crippen LogP contribution in [0.2, 0.25) is 0 Å². The van der Waals surface area contributed by atoms with Crippen molar-refractivity contribution in [1.82, 2.24) is 10.5 Å². The summed E-state index contributed by atoms with van der Waals surface area (Å²) in [6.45, 7) is 2.52. The Balaban J connectivity index is 1.52. The first-order valence-electron chi connectivity index (χ1n) is 10.1. The lowest BCUT2D eigenvalue weighted by Crippen LogP contribution is -2.34. The summed E-state index contributed by atoms with van der Waals surface area (Å²) < 4.78 is 21.6. The third-order valence-corrected chi connectivity index (χ3v) is 5.98. The zero-order chi connectivity index (χ0) is 19.8. The molecule has 7 heteroatoms. The lowest BCUT2D eigenvalue weighted by Gasteiger charge is -2.30. The number of benzene rings is 1. The Kier molecular flexibility index (Phi) is 8.16. The van der Waals surface area contributed by atoms with Crippen LogP contribution >= 0.6 is 8.69 Å². The van der Waals surface area contributed by atoms with E-state index >= 15 is 0 Å². The second-order valence-corrected chi connectivity index (χ2v) is 8.00. The Morgan fingerprint density at radius 2 is 2.14 bits per heavy atom. The molecule has 1 aromatic heterocycles. The lowest BCUT2D eigenvalue weighted by molar-refractivity contribution is 0.0544. The molecule has 1 heterocycles. The van der Waals surface area contributed by atoms with Crippen molar-refractivity contribution >= 4 is 8.69 Å². The number of nitrogens with one attached hydrogen (secondary N) is 1. The van der Waals surface area contributed by atoms with Crippen molar-refractivity contribution < 1.29 is 18.7 Å². The normalized spacial score (nSPS) is 18.8. The molecular weight excluding hydrogens is 375 g/mol. The van der Waals surface area contributed by atoms with Crippen LogP contribution in [0.1, 0.15) is 57.1 Å². The van der Waals surface area contributed by atoms with Crippen molar-refractivity contribution in [1.29, 1.82) is 0 Å². The number of rotatable bonds is 10. The third-order valence-electron chi connectivity index (χ3n) is 5.63. The Bertz CT molecular complexity index is 719. The van der Waals surface area contributed by atoms with Crippen molar-refractivity contribution in [3.63, 3.8) is 0 Å². The second-order valence-electron chi connectivity index (χ2n) is 7.64. The molecule has 3 atom stereocenters. The molecule has 1 saturated carbocycles. The number of hydrogen-bond acceptors (Lipinski definition) is 6. The zero-order valence-corrected chi connectivity index (χ0v) is 17.2. The minimum Gasteiger partial charge on any atom is -0.392 e. The SMILES string of the molecule is CC(NC[C@@H](O)CC(OP=O)C1CCCCC1)c1cccc(-c2ccno2)c1. The summed E-state index contributed by atoms with van der Waals surface area (Å²) in [6.07, 6.45) is 7.24. The van der Waals surface area contributed by atoms with Gasteiger partial charge in [-0.3, -0.25) is 4.52 Å². The van der Waals surface area contributed by atoms with Gasteiger partial charge in [-0.2, -0.15) is 0 Å². The van der Waals surface area contributed by atoms with Crippen LogP contribution < -0.4 is 5.32 Å². The monoisotopic (exact) mass is 404 g/mol. The van der Waals surface area contributed by atoms with Gasteiger partial charge in [-0.15, -0.1) is 0 Å². The summed E-state index contributed by atoms with van der Waals surface area (Å²) in [4.78, 5) is 0. The maximum absolute atomic E-state index is 11.0. The Labute approximate surface area is 167 Å². The molecule has 6 nitrogen and oxygen atoms in total. The van der Waals surface area contributed by atoms with Crippen LogP contribution in [0.15, 0.2) is 41.1 Å². The molecule has 0 spiro atoms. The molecular formula is C21H29N2O4P. The van der Waals surface area contributed by atoms with E-state index in [0.29, 0.717) is 18.9 Å². The van der Waals surface area contributed by atoms with Crippen molar-refractivity contribution in [3.05, 3.63) is 42.1 Å². The van der Waals surface area contributed by atoms with E-state index in [9.17, 15) is 9.67 Å². The Morgan fingerprint density at radius 3 is 2.86 bits per heavy atom. The average molecular weight is 404 g/mol. The van der Waals surface area contributed by atoms with E-state index in [1.165, 1.54) is 19.3 Å². The van der Waals surface area contributed by atoms with E-state index in [-0.39, 0.29) is 20.8 Å². The fourth-order valence-corrected chi connectivity index (χ4v) is 4.36. The highest BCUT2D eigenvalue weighted by Gasteiger charge is 2.27. The van der Waals surface area contributed by atoms with Crippen LogP contribution in [-0.2, 0) is 9.09 Å². The topological polar surface area (TPSA) is 84.6 Å². The van der Waals surface area contributed by atoms with Crippen molar-refractivity contribution in [2.24, 2.45) is 5.92 Å². The molecule has 2 N–H and O–H groups in total. The van der Waals surface area contributed by atoms with Gasteiger partial charge in [0.2, 0.25) is 0 Å². The number of hydrogen-bond donors (Lipinski definition) is 2. The van der Waals surface area contributed by atoms with E-state index in [1.807, 2.05) is 24.3 Å². The third kappa shape index (κ3) is 5.95. The smallest absolute Gasteiger partial charge is 0.327 e. The largest absolute Gasteiger partial charge is 0.392 e. The molecule has 0 radical (unpaired) electrons. The van der Waals surface area contributed by atoms with Crippen molar-refractivity contribution in [2.45, 2.75) is 63.7 Å². The highest BCUT2D eigenvalue weighted by atomic mass is 31.1. The molecule has 3 rings (SSSR count). The van der Waals surface area contributed by atoms with Gasteiger partial charge in [-0.05, 0) is 37.3 Å². The number of aromatic nitrogens is 1. The summed E-state index contributed by atoms with van der Waals surface area (Å²) in [5.41, 5.74) is 2.09. The number of aliphatic hydroxyl groups excluding tert-OH is 1. The molecule has 1 aliphatic rings. The summed E-state index contributed by atoms with van der Waals surface area (Å²) in [7, 11) is -0.300. The van der Waals surface area contributed by atoms with Gasteiger partial charge in [0.05, 0.1) is 18.4 Å². The summed E-state index contributed by atoms with van der Waals surface area (Å²) in [5.74, 6) is 1.12. The highest BCUT2D eigenvalue weighted by Crippen LogP contribution is 2.31. The fraction of sp³-hybridized carbons (Fsp3) is 0.571. The van der Waals surface area contributed by atoms with Gasteiger partial charge in [0, 0.05) is 30.6 Å². The second kappa shape index (κ2) is 10.8. The summed E-state index contributed by atoms with van der Waals surface area (Å²) >= 11 is 0. The Hall–Kier alpha value is -1.59. The van der Waals surface area contributed by atoms with Crippen molar-refractivity contribution in [3.8, 4) is 11.3 Å². The van der Waals surface area contributed by atoms with Crippen LogP contribution in [0.5, 0.6) is 0 Å². The first kappa shape index (κ1) is 21.1. The van der Waals surface area contributed by atoms with Gasteiger partial charge in [0.25, 0.3) is 0 Å². The quantitative estimate of drug-likeness (QED) is 0.547. The van der Waals surface area contributed by atoms with E-state index in [2.05, 4.69) is 23.5 Å². The fourth-order valence-electron chi connectivity index (χ4n) is 3.99. The molecule has 0 amide bonds. The maximum atomic E-state index is 11.0. The number of aliphatic hydroxyl groups is 1. The van der Waals surface area contributed by atoms with Gasteiger partial charge in [0.1, 0.15) is 0 Å². The minimum absolute atomic E-state index is 0.0733. The standard InChI is InChI=1S/C21H29N2O4P/c1-15(17-8-5-9-18(12-17)20-10-11-23-26-20)22-14-19(24)13-21(27-28-25)16-6-3-2-4-7-16/h5,8-12,15-16,19,21-22,24H,2-4,6-7,13-14H2,1H3/t15?,19-,21?/m0/s1. The zero-order valence-electron chi connectivity index (χ0n) is 16.3. The average Bonchev–Trinajstić information content (AvgIpc) is 3.27. The maximum Gasteiger partial charge on any atom is 0.327 e. The van der Waals surface area contributed by atoms with E-state index in [1.54, 1.807) is 6.20 Å². The first-order valence-corrected chi connectivity index (χ1v) is 10.8. The molecule has 0 bridgehead atoms. The van der Waals surface area contributed by atoms with Gasteiger partial charge in [0.15, 0.2) is 5.76 Å². The van der Waals surface area contributed by atoms with E-state index < -0.39 is 6.10 Å². The van der Waals surface area contributed by atoms with Crippen LogP contribution in [0.3, 0.4) is 0 Å². The molecule has 1 aliphatic carbocycles. The van der Waals surface area contributed by atoms with E-state index in [4.69, 9.17) is 9.05 Å².